The summed E-state index contributed by atoms with van der Waals surface area (Å²) in [7, 11) is 0. The first-order valence-electron chi connectivity index (χ1n) is 13.6. The van der Waals surface area contributed by atoms with Crippen molar-refractivity contribution >= 4 is 35.1 Å². The molecule has 208 valence electrons. The van der Waals surface area contributed by atoms with Crippen molar-refractivity contribution in [1.82, 2.24) is 10.2 Å². The maximum Gasteiger partial charge on any atom is 0.338 e. The largest absolute Gasteiger partial charge is 0.463 e. The number of anilines is 2. The van der Waals surface area contributed by atoms with E-state index in [-0.39, 0.29) is 18.7 Å². The van der Waals surface area contributed by atoms with Crippen molar-refractivity contribution in [1.29, 1.82) is 0 Å². The maximum atomic E-state index is 13.3. The summed E-state index contributed by atoms with van der Waals surface area (Å²) >= 11 is 0. The van der Waals surface area contributed by atoms with E-state index in [1.165, 1.54) is 5.56 Å². The molecular weight excluding hydrogens is 504 g/mol. The van der Waals surface area contributed by atoms with E-state index in [1.807, 2.05) is 61.5 Å². The van der Waals surface area contributed by atoms with Gasteiger partial charge in [-0.3, -0.25) is 4.90 Å². The number of nitrogens with one attached hydrogen (secondary N) is 3. The van der Waals surface area contributed by atoms with E-state index in [9.17, 15) is 14.4 Å². The van der Waals surface area contributed by atoms with Crippen molar-refractivity contribution in [2.24, 2.45) is 0 Å². The number of benzene rings is 3. The molecule has 0 saturated heterocycles. The van der Waals surface area contributed by atoms with Gasteiger partial charge in [-0.1, -0.05) is 75.4 Å². The molecule has 0 fully saturated rings. The summed E-state index contributed by atoms with van der Waals surface area (Å²) in [4.78, 5) is 40.8. The second-order valence-corrected chi connectivity index (χ2v) is 9.86. The quantitative estimate of drug-likeness (QED) is 0.257. The summed E-state index contributed by atoms with van der Waals surface area (Å²) in [6.07, 6.45) is 0.717. The van der Waals surface area contributed by atoms with Crippen LogP contribution < -0.4 is 16.0 Å². The highest BCUT2D eigenvalue weighted by atomic mass is 16.5. The number of hydrogen-bond acceptors (Lipinski definition) is 4. The van der Waals surface area contributed by atoms with Crippen LogP contribution in [0.4, 0.5) is 21.0 Å². The average molecular weight is 541 g/mol. The van der Waals surface area contributed by atoms with Gasteiger partial charge in [-0.25, -0.2) is 14.4 Å². The first-order chi connectivity index (χ1) is 19.3. The van der Waals surface area contributed by atoms with Crippen molar-refractivity contribution in [2.75, 3.05) is 23.8 Å². The predicted octanol–water partition coefficient (Wildman–Crippen LogP) is 6.90. The summed E-state index contributed by atoms with van der Waals surface area (Å²) in [5.74, 6) is -0.0782. The molecule has 3 N–H and O–H groups in total. The van der Waals surface area contributed by atoms with Gasteiger partial charge in [0.25, 0.3) is 0 Å². The molecule has 1 aliphatic rings. The van der Waals surface area contributed by atoms with Gasteiger partial charge >= 0.3 is 18.0 Å². The lowest BCUT2D eigenvalue weighted by atomic mass is 9.91. The Labute approximate surface area is 235 Å². The van der Waals surface area contributed by atoms with E-state index >= 15 is 0 Å². The van der Waals surface area contributed by atoms with Crippen LogP contribution in [-0.2, 0) is 9.53 Å². The number of urea groups is 2. The number of ether oxygens (including phenoxy) is 1. The van der Waals surface area contributed by atoms with Gasteiger partial charge in [0.05, 0.1) is 23.9 Å². The van der Waals surface area contributed by atoms with Crippen LogP contribution in [0.2, 0.25) is 0 Å². The zero-order valence-corrected chi connectivity index (χ0v) is 23.4. The Bertz CT molecular complexity index is 1370. The van der Waals surface area contributed by atoms with Crippen LogP contribution in [-0.4, -0.2) is 36.1 Å². The SMILES string of the molecule is CCCN1C(=O)N[C@@H](c2ccc(NC(=O)Nc3ccc(C(C)C)cc3)cc2)C(C(=O)OCC)=C1c1ccccc1. The molecule has 4 amide bonds. The lowest BCUT2D eigenvalue weighted by molar-refractivity contribution is -0.138. The van der Waals surface area contributed by atoms with E-state index < -0.39 is 12.0 Å². The zero-order chi connectivity index (χ0) is 28.6. The fourth-order valence-electron chi connectivity index (χ4n) is 4.68. The van der Waals surface area contributed by atoms with Crippen LogP contribution in [0, 0.1) is 0 Å². The van der Waals surface area contributed by atoms with E-state index in [0.717, 1.165) is 12.0 Å². The Morgan fingerprint density at radius 1 is 0.900 bits per heavy atom. The maximum absolute atomic E-state index is 13.3. The number of rotatable bonds is 9. The molecule has 1 atom stereocenters. The summed E-state index contributed by atoms with van der Waals surface area (Å²) in [6, 6.07) is 22.8. The van der Waals surface area contributed by atoms with Crippen molar-refractivity contribution in [2.45, 2.75) is 46.1 Å². The molecule has 1 aliphatic heterocycles. The molecule has 0 spiro atoms. The average Bonchev–Trinajstić information content (AvgIpc) is 2.95. The number of carbonyl (C=O) groups is 3. The van der Waals surface area contributed by atoms with Gasteiger partial charge in [-0.2, -0.15) is 0 Å². The topological polar surface area (TPSA) is 99.8 Å². The molecule has 0 saturated carbocycles. The lowest BCUT2D eigenvalue weighted by Crippen LogP contribution is -2.48. The minimum Gasteiger partial charge on any atom is -0.463 e. The molecular formula is C32H36N4O4. The Hall–Kier alpha value is -4.59. The minimum atomic E-state index is -0.725. The third-order valence-corrected chi connectivity index (χ3v) is 6.65. The van der Waals surface area contributed by atoms with Crippen molar-refractivity contribution in [3.05, 3.63) is 101 Å². The third-order valence-electron chi connectivity index (χ3n) is 6.65. The van der Waals surface area contributed by atoms with Gasteiger partial charge < -0.3 is 20.7 Å². The van der Waals surface area contributed by atoms with E-state index in [2.05, 4.69) is 29.8 Å². The molecule has 40 heavy (non-hydrogen) atoms. The fraction of sp³-hybridized carbons (Fsp3) is 0.281. The summed E-state index contributed by atoms with van der Waals surface area (Å²) in [6.45, 7) is 8.62. The highest BCUT2D eigenvalue weighted by Crippen LogP contribution is 2.37. The molecule has 8 heteroatoms. The monoisotopic (exact) mass is 540 g/mol. The van der Waals surface area contributed by atoms with E-state index in [1.54, 1.807) is 36.1 Å². The smallest absolute Gasteiger partial charge is 0.338 e. The number of carbonyl (C=O) groups excluding carboxylic acids is 3. The van der Waals surface area contributed by atoms with Gasteiger partial charge in [0.2, 0.25) is 0 Å². The molecule has 0 radical (unpaired) electrons. The van der Waals surface area contributed by atoms with Gasteiger partial charge in [0.15, 0.2) is 0 Å². The second-order valence-electron chi connectivity index (χ2n) is 9.86. The Kier molecular flexibility index (Phi) is 9.22. The Morgan fingerprint density at radius 3 is 2.05 bits per heavy atom. The fourth-order valence-corrected chi connectivity index (χ4v) is 4.68. The van der Waals surface area contributed by atoms with Crippen LogP contribution in [0.15, 0.2) is 84.4 Å². The molecule has 1 heterocycles. The number of esters is 1. The molecule has 8 nitrogen and oxygen atoms in total. The van der Waals surface area contributed by atoms with E-state index in [0.29, 0.717) is 40.7 Å². The van der Waals surface area contributed by atoms with Crippen LogP contribution in [0.3, 0.4) is 0 Å². The molecule has 0 unspecified atom stereocenters. The molecule has 0 aromatic heterocycles. The van der Waals surface area contributed by atoms with Crippen molar-refractivity contribution in [3.8, 4) is 0 Å². The number of amides is 4. The molecule has 3 aromatic rings. The summed E-state index contributed by atoms with van der Waals surface area (Å²) in [5, 5.41) is 8.66. The van der Waals surface area contributed by atoms with Gasteiger partial charge in [0, 0.05) is 17.9 Å². The molecule has 3 aromatic carbocycles. The van der Waals surface area contributed by atoms with Crippen LogP contribution in [0.5, 0.6) is 0 Å². The zero-order valence-electron chi connectivity index (χ0n) is 23.4. The highest BCUT2D eigenvalue weighted by Gasteiger charge is 2.38. The van der Waals surface area contributed by atoms with Crippen LogP contribution >= 0.6 is 0 Å². The Balaban J connectivity index is 1.61. The predicted molar refractivity (Wildman–Crippen MR) is 158 cm³/mol. The van der Waals surface area contributed by atoms with Crippen molar-refractivity contribution < 1.29 is 19.1 Å². The van der Waals surface area contributed by atoms with Crippen LogP contribution in [0.1, 0.15) is 62.8 Å². The summed E-state index contributed by atoms with van der Waals surface area (Å²) < 4.78 is 5.46. The first-order valence-corrected chi connectivity index (χ1v) is 13.6. The third kappa shape index (κ3) is 6.51. The van der Waals surface area contributed by atoms with Gasteiger partial charge in [0.1, 0.15) is 0 Å². The number of hydrogen-bond donors (Lipinski definition) is 3. The molecule has 0 bridgehead atoms. The molecule has 4 rings (SSSR count). The van der Waals surface area contributed by atoms with Crippen molar-refractivity contribution in [3.63, 3.8) is 0 Å². The van der Waals surface area contributed by atoms with Gasteiger partial charge in [-0.05, 0) is 60.2 Å². The van der Waals surface area contributed by atoms with Crippen LogP contribution in [0.25, 0.3) is 5.70 Å². The highest BCUT2D eigenvalue weighted by molar-refractivity contribution is 6.05. The normalized spacial score (nSPS) is 15.1. The number of nitrogens with zero attached hydrogens (tertiary/aromatic N) is 1. The second kappa shape index (κ2) is 13.0. The Morgan fingerprint density at radius 2 is 1.50 bits per heavy atom. The lowest BCUT2D eigenvalue weighted by Gasteiger charge is -2.36. The standard InChI is InChI=1S/C32H36N4O4/c1-5-20-36-29(24-10-8-7-9-11-24)27(30(37)40-6-2)28(35-32(36)39)23-14-18-26(19-15-23)34-31(38)33-25-16-12-22(13-17-25)21(3)4/h7-19,21,28H,5-6,20H2,1-4H3,(H,35,39)(H2,33,34,38)/t28-/m0/s1. The van der Waals surface area contributed by atoms with Gasteiger partial charge in [-0.15, -0.1) is 0 Å². The first kappa shape index (κ1) is 28.4. The summed E-state index contributed by atoms with van der Waals surface area (Å²) in [5.41, 5.74) is 4.81. The molecule has 0 aliphatic carbocycles. The van der Waals surface area contributed by atoms with E-state index in [4.69, 9.17) is 4.74 Å². The minimum absolute atomic E-state index is 0.205.